The van der Waals surface area contributed by atoms with E-state index in [9.17, 15) is 4.79 Å². The highest BCUT2D eigenvalue weighted by atomic mass is 79.9. The Morgan fingerprint density at radius 3 is 2.65 bits per heavy atom. The van der Waals surface area contributed by atoms with Crippen molar-refractivity contribution in [3.8, 4) is 0 Å². The van der Waals surface area contributed by atoms with Crippen molar-refractivity contribution in [2.45, 2.75) is 13.8 Å². The van der Waals surface area contributed by atoms with Crippen LogP contribution in [0.3, 0.4) is 0 Å². The summed E-state index contributed by atoms with van der Waals surface area (Å²) in [5.74, 6) is 1.86. The average molecular weight is 336 g/mol. The van der Waals surface area contributed by atoms with Crippen molar-refractivity contribution >= 4 is 44.8 Å². The van der Waals surface area contributed by atoms with Crippen LogP contribution in [0.5, 0.6) is 0 Å². The number of hydrogen-bond donors (Lipinski definition) is 0. The van der Waals surface area contributed by atoms with Crippen LogP contribution in [0.25, 0.3) is 0 Å². The number of nitrogens with zero attached hydrogens (tertiary/aromatic N) is 1. The highest BCUT2D eigenvalue weighted by molar-refractivity contribution is 9.11. The third kappa shape index (κ3) is 5.55. The molecule has 96 valence electrons. The van der Waals surface area contributed by atoms with Crippen molar-refractivity contribution < 1.29 is 4.79 Å². The second-order valence-electron chi connectivity index (χ2n) is 3.61. The van der Waals surface area contributed by atoms with E-state index in [2.05, 4.69) is 34.7 Å². The van der Waals surface area contributed by atoms with Crippen LogP contribution in [0, 0.1) is 0 Å². The summed E-state index contributed by atoms with van der Waals surface area (Å²) in [6, 6.07) is 3.82. The molecule has 5 heteroatoms. The Labute approximate surface area is 120 Å². The van der Waals surface area contributed by atoms with Crippen LogP contribution >= 0.6 is 39.0 Å². The van der Waals surface area contributed by atoms with Gasteiger partial charge in [0.25, 0.3) is 0 Å². The van der Waals surface area contributed by atoms with Gasteiger partial charge in [0.2, 0.25) is 0 Å². The molecule has 0 atom stereocenters. The number of halogens is 1. The molecule has 0 aliphatic heterocycles. The van der Waals surface area contributed by atoms with Gasteiger partial charge in [0, 0.05) is 12.3 Å². The van der Waals surface area contributed by atoms with Crippen LogP contribution < -0.4 is 0 Å². The third-order valence-corrected chi connectivity index (χ3v) is 5.13. The Balaban J connectivity index is 2.21. The lowest BCUT2D eigenvalue weighted by Crippen LogP contribution is -2.25. The highest BCUT2D eigenvalue weighted by Crippen LogP contribution is 2.23. The van der Waals surface area contributed by atoms with E-state index in [1.165, 1.54) is 11.3 Å². The van der Waals surface area contributed by atoms with E-state index in [0.29, 0.717) is 5.75 Å². The van der Waals surface area contributed by atoms with Crippen molar-refractivity contribution in [2.75, 3.05) is 31.1 Å². The first-order chi connectivity index (χ1) is 8.17. The molecule has 0 bridgehead atoms. The first-order valence-electron chi connectivity index (χ1n) is 5.76. The molecule has 0 saturated heterocycles. The topological polar surface area (TPSA) is 20.3 Å². The van der Waals surface area contributed by atoms with Crippen molar-refractivity contribution in [1.29, 1.82) is 0 Å². The summed E-state index contributed by atoms with van der Waals surface area (Å²) in [6.45, 7) is 7.58. The quantitative estimate of drug-likeness (QED) is 0.532. The van der Waals surface area contributed by atoms with Gasteiger partial charge in [0.15, 0.2) is 5.78 Å². The largest absolute Gasteiger partial charge is 0.303 e. The Bertz CT molecular complexity index is 350. The Hall–Kier alpha value is 0.160. The maximum absolute atomic E-state index is 11.8. The zero-order valence-electron chi connectivity index (χ0n) is 10.2. The zero-order chi connectivity index (χ0) is 12.7. The van der Waals surface area contributed by atoms with Crippen molar-refractivity contribution in [3.63, 3.8) is 0 Å². The maximum Gasteiger partial charge on any atom is 0.182 e. The minimum atomic E-state index is 0.241. The highest BCUT2D eigenvalue weighted by Gasteiger charge is 2.08. The first kappa shape index (κ1) is 15.2. The minimum Gasteiger partial charge on any atom is -0.303 e. The molecular weight excluding hydrogens is 318 g/mol. The summed E-state index contributed by atoms with van der Waals surface area (Å²) in [4.78, 5) is 15.0. The number of thioether (sulfide) groups is 1. The van der Waals surface area contributed by atoms with Crippen LogP contribution in [0.1, 0.15) is 23.5 Å². The van der Waals surface area contributed by atoms with Gasteiger partial charge in [-0.2, -0.15) is 11.8 Å². The van der Waals surface area contributed by atoms with Gasteiger partial charge in [-0.15, -0.1) is 11.3 Å². The molecule has 0 spiro atoms. The number of thiophene rings is 1. The van der Waals surface area contributed by atoms with E-state index in [1.807, 2.05) is 12.1 Å². The van der Waals surface area contributed by atoms with Crippen molar-refractivity contribution in [1.82, 2.24) is 4.90 Å². The van der Waals surface area contributed by atoms with E-state index in [1.54, 1.807) is 11.8 Å². The maximum atomic E-state index is 11.8. The van der Waals surface area contributed by atoms with Gasteiger partial charge in [-0.05, 0) is 41.2 Å². The molecule has 0 saturated carbocycles. The molecule has 0 aliphatic rings. The third-order valence-electron chi connectivity index (χ3n) is 2.53. The first-order valence-corrected chi connectivity index (χ1v) is 8.52. The van der Waals surface area contributed by atoms with Gasteiger partial charge < -0.3 is 4.90 Å². The summed E-state index contributed by atoms with van der Waals surface area (Å²) in [5, 5.41) is 0. The molecule has 17 heavy (non-hydrogen) atoms. The van der Waals surface area contributed by atoms with Gasteiger partial charge in [0.05, 0.1) is 14.4 Å². The van der Waals surface area contributed by atoms with E-state index in [-0.39, 0.29) is 5.78 Å². The second-order valence-corrected chi connectivity index (χ2v) is 7.17. The average Bonchev–Trinajstić information content (AvgIpc) is 2.76. The lowest BCUT2D eigenvalue weighted by Gasteiger charge is -2.16. The predicted octanol–water partition coefficient (Wildman–Crippen LogP) is 3.77. The number of carbonyl (C=O) groups excluding carboxylic acids is 1. The van der Waals surface area contributed by atoms with Crippen LogP contribution in [0.4, 0.5) is 0 Å². The molecule has 1 heterocycles. The SMILES string of the molecule is CCN(CC)CCSCC(=O)c1ccc(Br)s1. The van der Waals surface area contributed by atoms with Gasteiger partial charge in [-0.25, -0.2) is 0 Å². The molecule has 0 aromatic carbocycles. The van der Waals surface area contributed by atoms with Gasteiger partial charge in [-0.1, -0.05) is 13.8 Å². The molecule has 1 aromatic rings. The molecule has 1 aromatic heterocycles. The smallest absolute Gasteiger partial charge is 0.182 e. The van der Waals surface area contributed by atoms with Gasteiger partial charge >= 0.3 is 0 Å². The van der Waals surface area contributed by atoms with Crippen molar-refractivity contribution in [2.24, 2.45) is 0 Å². The molecular formula is C12H18BrNOS2. The number of hydrogen-bond acceptors (Lipinski definition) is 4. The lowest BCUT2D eigenvalue weighted by atomic mass is 10.4. The number of ketones is 1. The van der Waals surface area contributed by atoms with Crippen LogP contribution in [0.15, 0.2) is 15.9 Å². The van der Waals surface area contributed by atoms with E-state index < -0.39 is 0 Å². The van der Waals surface area contributed by atoms with E-state index >= 15 is 0 Å². The zero-order valence-corrected chi connectivity index (χ0v) is 13.5. The molecule has 0 radical (unpaired) electrons. The number of Topliss-reactive ketones (excluding diaryl/α,β-unsaturated/α-hetero) is 1. The van der Waals surface area contributed by atoms with Gasteiger partial charge in [0.1, 0.15) is 0 Å². The molecule has 0 amide bonds. The minimum absolute atomic E-state index is 0.241. The second kappa shape index (κ2) is 8.29. The monoisotopic (exact) mass is 335 g/mol. The Kier molecular flexibility index (Phi) is 7.43. The summed E-state index contributed by atoms with van der Waals surface area (Å²) < 4.78 is 1.02. The fourth-order valence-electron chi connectivity index (χ4n) is 1.43. The van der Waals surface area contributed by atoms with Crippen LogP contribution in [-0.4, -0.2) is 41.8 Å². The number of rotatable bonds is 8. The molecule has 1 rings (SSSR count). The Morgan fingerprint density at radius 1 is 1.41 bits per heavy atom. The van der Waals surface area contributed by atoms with Gasteiger partial charge in [-0.3, -0.25) is 4.79 Å². The fourth-order valence-corrected chi connectivity index (χ4v) is 3.72. The fraction of sp³-hybridized carbons (Fsp3) is 0.583. The standard InChI is InChI=1S/C12H18BrNOS2/c1-3-14(4-2)7-8-16-9-10(15)11-5-6-12(13)17-11/h5-6H,3-4,7-9H2,1-2H3. The summed E-state index contributed by atoms with van der Waals surface area (Å²) >= 11 is 6.61. The van der Waals surface area contributed by atoms with Crippen LogP contribution in [0.2, 0.25) is 0 Å². The molecule has 0 aliphatic carbocycles. The predicted molar refractivity (Wildman–Crippen MR) is 81.5 cm³/mol. The molecule has 0 unspecified atom stereocenters. The van der Waals surface area contributed by atoms with Crippen LogP contribution in [-0.2, 0) is 0 Å². The summed E-state index contributed by atoms with van der Waals surface area (Å²) in [5.41, 5.74) is 0. The Morgan fingerprint density at radius 2 is 2.12 bits per heavy atom. The number of carbonyl (C=O) groups is 1. The van der Waals surface area contributed by atoms with E-state index in [4.69, 9.17) is 0 Å². The molecule has 2 nitrogen and oxygen atoms in total. The van der Waals surface area contributed by atoms with E-state index in [0.717, 1.165) is 34.1 Å². The molecule has 0 fully saturated rings. The summed E-state index contributed by atoms with van der Waals surface area (Å²) in [6.07, 6.45) is 0. The van der Waals surface area contributed by atoms with Crippen molar-refractivity contribution in [3.05, 3.63) is 20.8 Å². The lowest BCUT2D eigenvalue weighted by molar-refractivity contribution is 0.102. The summed E-state index contributed by atoms with van der Waals surface area (Å²) in [7, 11) is 0. The molecule has 0 N–H and O–H groups in total. The normalized spacial score (nSPS) is 11.1.